The minimum absolute atomic E-state index is 0.343. The average molecular weight is 225 g/mol. The highest BCUT2D eigenvalue weighted by molar-refractivity contribution is 5.35. The zero-order valence-electron chi connectivity index (χ0n) is 10.2. The Morgan fingerprint density at radius 3 is 2.59 bits per heavy atom. The van der Waals surface area contributed by atoms with Crippen LogP contribution in [0.5, 0.6) is 0 Å². The molecule has 1 saturated heterocycles. The van der Waals surface area contributed by atoms with Gasteiger partial charge in [-0.3, -0.25) is 4.90 Å². The number of likely N-dealkylation sites (tertiary alicyclic amines) is 1. The Morgan fingerprint density at radius 1 is 1.24 bits per heavy atom. The van der Waals surface area contributed by atoms with Crippen LogP contribution >= 0.6 is 0 Å². The molecule has 0 aromatic heterocycles. The fourth-order valence-electron chi connectivity index (χ4n) is 2.20. The van der Waals surface area contributed by atoms with Gasteiger partial charge in [0, 0.05) is 5.56 Å². The van der Waals surface area contributed by atoms with Crippen molar-refractivity contribution in [2.24, 2.45) is 0 Å². The quantitative estimate of drug-likeness (QED) is 0.564. The van der Waals surface area contributed by atoms with Gasteiger partial charge in [0.2, 0.25) is 0 Å². The fourth-order valence-corrected chi connectivity index (χ4v) is 2.20. The summed E-state index contributed by atoms with van der Waals surface area (Å²) in [6.07, 6.45) is 5.55. The molecule has 0 aliphatic carbocycles. The van der Waals surface area contributed by atoms with E-state index in [0.29, 0.717) is 6.04 Å². The lowest BCUT2D eigenvalue weighted by molar-refractivity contribution is 0.293. The van der Waals surface area contributed by atoms with Gasteiger partial charge in [-0.2, -0.15) is 0 Å². The molecule has 0 N–H and O–H groups in total. The Hall–Kier alpha value is -1.52. The standard InChI is InChI=1S/C16H19N/c1-2-8-16(17-13-6-7-14-17)12-11-15-9-4-3-5-10-15/h2-5,9-10,16H,1,6-8,13-14H2. The van der Waals surface area contributed by atoms with Crippen molar-refractivity contribution in [3.8, 4) is 11.8 Å². The van der Waals surface area contributed by atoms with Crippen LogP contribution < -0.4 is 0 Å². The van der Waals surface area contributed by atoms with E-state index < -0.39 is 0 Å². The maximum Gasteiger partial charge on any atom is 0.0753 e. The second kappa shape index (κ2) is 6.27. The maximum absolute atomic E-state index is 3.83. The topological polar surface area (TPSA) is 3.24 Å². The molecule has 0 radical (unpaired) electrons. The number of hydrogen-bond donors (Lipinski definition) is 0. The Kier molecular flexibility index (Phi) is 4.41. The summed E-state index contributed by atoms with van der Waals surface area (Å²) in [4.78, 5) is 2.47. The predicted molar refractivity (Wildman–Crippen MR) is 72.7 cm³/mol. The molecule has 1 aromatic carbocycles. The molecule has 88 valence electrons. The third kappa shape index (κ3) is 3.47. The van der Waals surface area contributed by atoms with Crippen LogP contribution in [0.25, 0.3) is 0 Å². The summed E-state index contributed by atoms with van der Waals surface area (Å²) in [6, 6.07) is 10.5. The van der Waals surface area contributed by atoms with Crippen LogP contribution in [0.15, 0.2) is 43.0 Å². The molecule has 1 aliphatic rings. The first-order valence-corrected chi connectivity index (χ1v) is 6.31. The van der Waals surface area contributed by atoms with Gasteiger partial charge in [0.25, 0.3) is 0 Å². The zero-order valence-corrected chi connectivity index (χ0v) is 10.2. The molecule has 2 rings (SSSR count). The molecule has 1 fully saturated rings. The van der Waals surface area contributed by atoms with Gasteiger partial charge in [-0.1, -0.05) is 36.1 Å². The van der Waals surface area contributed by atoms with Crippen LogP contribution in [0.1, 0.15) is 24.8 Å². The summed E-state index contributed by atoms with van der Waals surface area (Å²) in [6.45, 7) is 6.20. The summed E-state index contributed by atoms with van der Waals surface area (Å²) in [5.74, 6) is 6.65. The molecular formula is C16H19N. The molecule has 1 heterocycles. The second-order valence-electron chi connectivity index (χ2n) is 4.42. The Balaban J connectivity index is 2.07. The summed E-state index contributed by atoms with van der Waals surface area (Å²) >= 11 is 0. The van der Waals surface area contributed by atoms with Gasteiger partial charge in [0.1, 0.15) is 0 Å². The first-order chi connectivity index (χ1) is 8.40. The molecule has 1 aromatic rings. The molecular weight excluding hydrogens is 206 g/mol. The van der Waals surface area contributed by atoms with E-state index in [-0.39, 0.29) is 0 Å². The highest BCUT2D eigenvalue weighted by atomic mass is 15.2. The minimum atomic E-state index is 0.343. The summed E-state index contributed by atoms with van der Waals surface area (Å²) in [5.41, 5.74) is 1.10. The van der Waals surface area contributed by atoms with Gasteiger partial charge in [-0.15, -0.1) is 6.58 Å². The Morgan fingerprint density at radius 2 is 1.94 bits per heavy atom. The third-order valence-corrected chi connectivity index (χ3v) is 3.13. The van der Waals surface area contributed by atoms with Crippen molar-refractivity contribution in [3.63, 3.8) is 0 Å². The first kappa shape index (κ1) is 12.0. The van der Waals surface area contributed by atoms with E-state index in [1.807, 2.05) is 24.3 Å². The third-order valence-electron chi connectivity index (χ3n) is 3.13. The van der Waals surface area contributed by atoms with Crippen LogP contribution in [0.2, 0.25) is 0 Å². The lowest BCUT2D eigenvalue weighted by Crippen LogP contribution is -2.31. The van der Waals surface area contributed by atoms with E-state index in [1.54, 1.807) is 0 Å². The molecule has 17 heavy (non-hydrogen) atoms. The van der Waals surface area contributed by atoms with Crippen LogP contribution in [0.3, 0.4) is 0 Å². The second-order valence-corrected chi connectivity index (χ2v) is 4.42. The molecule has 1 aliphatic heterocycles. The van der Waals surface area contributed by atoms with Crippen molar-refractivity contribution in [1.29, 1.82) is 0 Å². The van der Waals surface area contributed by atoms with Crippen molar-refractivity contribution >= 4 is 0 Å². The lowest BCUT2D eigenvalue weighted by Gasteiger charge is -2.21. The average Bonchev–Trinajstić information content (AvgIpc) is 2.89. The van der Waals surface area contributed by atoms with Gasteiger partial charge < -0.3 is 0 Å². The smallest absolute Gasteiger partial charge is 0.0753 e. The number of nitrogens with zero attached hydrogens (tertiary/aromatic N) is 1. The van der Waals surface area contributed by atoms with E-state index in [0.717, 1.165) is 12.0 Å². The highest BCUT2D eigenvalue weighted by Crippen LogP contribution is 2.14. The van der Waals surface area contributed by atoms with Gasteiger partial charge in [-0.25, -0.2) is 0 Å². The summed E-state index contributed by atoms with van der Waals surface area (Å²) < 4.78 is 0. The number of benzene rings is 1. The van der Waals surface area contributed by atoms with Crippen molar-refractivity contribution in [3.05, 3.63) is 48.6 Å². The summed E-state index contributed by atoms with van der Waals surface area (Å²) in [7, 11) is 0. The van der Waals surface area contributed by atoms with E-state index in [1.165, 1.54) is 25.9 Å². The predicted octanol–water partition coefficient (Wildman–Crippen LogP) is 3.08. The van der Waals surface area contributed by atoms with Crippen molar-refractivity contribution in [2.45, 2.75) is 25.3 Å². The molecule has 1 heteroatoms. The van der Waals surface area contributed by atoms with Crippen molar-refractivity contribution in [1.82, 2.24) is 4.90 Å². The lowest BCUT2D eigenvalue weighted by atomic mass is 10.1. The van der Waals surface area contributed by atoms with E-state index >= 15 is 0 Å². The molecule has 1 atom stereocenters. The van der Waals surface area contributed by atoms with Crippen molar-refractivity contribution < 1.29 is 0 Å². The van der Waals surface area contributed by atoms with E-state index in [2.05, 4.69) is 35.5 Å². The fraction of sp³-hybridized carbons (Fsp3) is 0.375. The van der Waals surface area contributed by atoms with Gasteiger partial charge in [0.15, 0.2) is 0 Å². The maximum atomic E-state index is 3.83. The molecule has 1 unspecified atom stereocenters. The minimum Gasteiger partial charge on any atom is -0.290 e. The zero-order chi connectivity index (χ0) is 11.9. The van der Waals surface area contributed by atoms with Gasteiger partial charge >= 0.3 is 0 Å². The van der Waals surface area contributed by atoms with E-state index in [9.17, 15) is 0 Å². The SMILES string of the molecule is C=CCC(C#Cc1ccccc1)N1CCCC1. The highest BCUT2D eigenvalue weighted by Gasteiger charge is 2.18. The Bertz CT molecular complexity index is 404. The molecule has 0 amide bonds. The van der Waals surface area contributed by atoms with Gasteiger partial charge in [-0.05, 0) is 44.5 Å². The van der Waals surface area contributed by atoms with E-state index in [4.69, 9.17) is 0 Å². The van der Waals surface area contributed by atoms with Gasteiger partial charge in [0.05, 0.1) is 6.04 Å². The molecule has 0 saturated carbocycles. The van der Waals surface area contributed by atoms with Crippen LogP contribution in [-0.4, -0.2) is 24.0 Å². The number of hydrogen-bond acceptors (Lipinski definition) is 1. The first-order valence-electron chi connectivity index (χ1n) is 6.31. The summed E-state index contributed by atoms with van der Waals surface area (Å²) in [5, 5.41) is 0. The largest absolute Gasteiger partial charge is 0.290 e. The van der Waals surface area contributed by atoms with Crippen LogP contribution in [0, 0.1) is 11.8 Å². The molecule has 0 spiro atoms. The van der Waals surface area contributed by atoms with Crippen molar-refractivity contribution in [2.75, 3.05) is 13.1 Å². The molecule has 1 nitrogen and oxygen atoms in total. The molecule has 0 bridgehead atoms. The van der Waals surface area contributed by atoms with Crippen LogP contribution in [0.4, 0.5) is 0 Å². The van der Waals surface area contributed by atoms with Crippen LogP contribution in [-0.2, 0) is 0 Å². The number of rotatable bonds is 3. The normalized spacial score (nSPS) is 17.2. The monoisotopic (exact) mass is 225 g/mol. The Labute approximate surface area is 104 Å².